The van der Waals surface area contributed by atoms with Crippen LogP contribution in [0.1, 0.15) is 11.1 Å². The van der Waals surface area contributed by atoms with Gasteiger partial charge in [-0.25, -0.2) is 5.01 Å². The van der Waals surface area contributed by atoms with Crippen LogP contribution in [0.4, 0.5) is 11.4 Å². The lowest BCUT2D eigenvalue weighted by Crippen LogP contribution is -2.09. The minimum Gasteiger partial charge on any atom is -0.354 e. The number of hydrogen-bond donors (Lipinski definition) is 1. The first-order valence-corrected chi connectivity index (χ1v) is 9.75. The van der Waals surface area contributed by atoms with Gasteiger partial charge in [0.2, 0.25) is 0 Å². The molecule has 140 valence electrons. The zero-order valence-electron chi connectivity index (χ0n) is 16.2. The summed E-state index contributed by atoms with van der Waals surface area (Å²) in [6.45, 7) is 2.14. The highest BCUT2D eigenvalue weighted by molar-refractivity contribution is 6.09. The predicted octanol–water partition coefficient (Wildman–Crippen LogP) is 6.80. The quantitative estimate of drug-likeness (QED) is 0.272. The lowest BCUT2D eigenvalue weighted by atomic mass is 10.1. The Morgan fingerprint density at radius 2 is 1.34 bits per heavy atom. The standard InChI is InChI=1S/C26H21N3/c1-19-16-20(17-24-23-14-8-9-15-25(23)28-26(19)24)18-27-29(21-10-4-2-5-11-21)22-12-6-3-7-13-22/h2-18,28H,1H3. The molecule has 1 aromatic heterocycles. The second-order valence-electron chi connectivity index (χ2n) is 7.16. The van der Waals surface area contributed by atoms with Gasteiger partial charge in [0.1, 0.15) is 0 Å². The van der Waals surface area contributed by atoms with Crippen LogP contribution in [0.3, 0.4) is 0 Å². The van der Waals surface area contributed by atoms with Crippen molar-refractivity contribution in [3.63, 3.8) is 0 Å². The van der Waals surface area contributed by atoms with E-state index < -0.39 is 0 Å². The molecule has 0 radical (unpaired) electrons. The van der Waals surface area contributed by atoms with Crippen LogP contribution in [0.25, 0.3) is 21.8 Å². The lowest BCUT2D eigenvalue weighted by Gasteiger charge is -2.19. The van der Waals surface area contributed by atoms with Crippen LogP contribution in [-0.4, -0.2) is 11.2 Å². The van der Waals surface area contributed by atoms with Crippen LogP contribution in [-0.2, 0) is 0 Å². The summed E-state index contributed by atoms with van der Waals surface area (Å²) >= 11 is 0. The number of nitrogens with zero attached hydrogens (tertiary/aromatic N) is 2. The molecule has 0 bridgehead atoms. The SMILES string of the molecule is Cc1cc(C=NN(c2ccccc2)c2ccccc2)cc2c1[nH]c1ccccc12. The molecule has 0 aliphatic carbocycles. The van der Waals surface area contributed by atoms with Crippen molar-refractivity contribution < 1.29 is 0 Å². The van der Waals surface area contributed by atoms with E-state index in [4.69, 9.17) is 5.10 Å². The molecule has 3 heteroatoms. The third kappa shape index (κ3) is 3.27. The average Bonchev–Trinajstić information content (AvgIpc) is 3.15. The maximum atomic E-state index is 4.84. The Bertz CT molecular complexity index is 1260. The molecule has 0 spiro atoms. The van der Waals surface area contributed by atoms with Crippen LogP contribution < -0.4 is 5.01 Å². The second-order valence-corrected chi connectivity index (χ2v) is 7.16. The molecule has 5 rings (SSSR count). The molecular formula is C26H21N3. The minimum absolute atomic E-state index is 1.03. The largest absolute Gasteiger partial charge is 0.354 e. The number of aromatic nitrogens is 1. The van der Waals surface area contributed by atoms with Gasteiger partial charge in [-0.3, -0.25) is 0 Å². The van der Waals surface area contributed by atoms with Gasteiger partial charge in [0.25, 0.3) is 0 Å². The fraction of sp³-hybridized carbons (Fsp3) is 0.0385. The van der Waals surface area contributed by atoms with Gasteiger partial charge in [-0.2, -0.15) is 5.10 Å². The third-order valence-corrected chi connectivity index (χ3v) is 5.16. The number of para-hydroxylation sites is 3. The van der Waals surface area contributed by atoms with Crippen molar-refractivity contribution in [3.05, 3.63) is 108 Å². The fourth-order valence-corrected chi connectivity index (χ4v) is 3.77. The van der Waals surface area contributed by atoms with E-state index in [1.807, 2.05) is 47.6 Å². The van der Waals surface area contributed by atoms with Crippen LogP contribution in [0.15, 0.2) is 102 Å². The van der Waals surface area contributed by atoms with Gasteiger partial charge in [-0.05, 0) is 60.5 Å². The van der Waals surface area contributed by atoms with Gasteiger partial charge in [-0.15, -0.1) is 0 Å². The number of aryl methyl sites for hydroxylation is 1. The number of aromatic amines is 1. The Labute approximate surface area is 169 Å². The molecule has 0 unspecified atom stereocenters. The monoisotopic (exact) mass is 375 g/mol. The van der Waals surface area contributed by atoms with E-state index in [1.165, 1.54) is 21.9 Å². The summed E-state index contributed by atoms with van der Waals surface area (Å²) in [6, 6.07) is 33.2. The second kappa shape index (κ2) is 7.28. The maximum Gasteiger partial charge on any atom is 0.0652 e. The molecule has 0 aliphatic heterocycles. The first kappa shape index (κ1) is 17.3. The molecule has 0 amide bonds. The highest BCUT2D eigenvalue weighted by Gasteiger charge is 2.09. The van der Waals surface area contributed by atoms with E-state index >= 15 is 0 Å². The molecule has 0 saturated heterocycles. The fourth-order valence-electron chi connectivity index (χ4n) is 3.77. The predicted molar refractivity (Wildman–Crippen MR) is 123 cm³/mol. The van der Waals surface area contributed by atoms with Gasteiger partial charge >= 0.3 is 0 Å². The molecule has 29 heavy (non-hydrogen) atoms. The summed E-state index contributed by atoms with van der Waals surface area (Å²) in [5.41, 5.74) is 6.70. The summed E-state index contributed by atoms with van der Waals surface area (Å²) in [5.74, 6) is 0. The van der Waals surface area contributed by atoms with E-state index in [1.54, 1.807) is 0 Å². The van der Waals surface area contributed by atoms with Crippen molar-refractivity contribution >= 4 is 39.4 Å². The number of hydrogen-bond acceptors (Lipinski definition) is 2. The van der Waals surface area contributed by atoms with Crippen LogP contribution >= 0.6 is 0 Å². The van der Waals surface area contributed by atoms with Crippen molar-refractivity contribution in [1.82, 2.24) is 4.98 Å². The van der Waals surface area contributed by atoms with Crippen molar-refractivity contribution in [2.24, 2.45) is 5.10 Å². The van der Waals surface area contributed by atoms with Gasteiger partial charge < -0.3 is 4.98 Å². The van der Waals surface area contributed by atoms with Gasteiger partial charge in [0, 0.05) is 21.8 Å². The van der Waals surface area contributed by atoms with E-state index in [-0.39, 0.29) is 0 Å². The smallest absolute Gasteiger partial charge is 0.0652 e. The Kier molecular flexibility index (Phi) is 4.34. The first-order chi connectivity index (χ1) is 14.3. The molecule has 5 aromatic rings. The maximum absolute atomic E-state index is 4.84. The summed E-state index contributed by atoms with van der Waals surface area (Å²) in [6.07, 6.45) is 1.94. The molecule has 0 aliphatic rings. The minimum atomic E-state index is 1.03. The van der Waals surface area contributed by atoms with Crippen LogP contribution in [0, 0.1) is 6.92 Å². The van der Waals surface area contributed by atoms with E-state index in [2.05, 4.69) is 72.6 Å². The van der Waals surface area contributed by atoms with E-state index in [0.29, 0.717) is 0 Å². The lowest BCUT2D eigenvalue weighted by molar-refractivity contribution is 1.09. The number of benzene rings is 4. The molecule has 0 atom stereocenters. The number of fused-ring (bicyclic) bond motifs is 3. The molecule has 3 nitrogen and oxygen atoms in total. The highest BCUT2D eigenvalue weighted by Crippen LogP contribution is 2.29. The summed E-state index contributed by atoms with van der Waals surface area (Å²) in [7, 11) is 0. The Balaban J connectivity index is 1.60. The summed E-state index contributed by atoms with van der Waals surface area (Å²) in [5, 5.41) is 9.28. The Morgan fingerprint density at radius 3 is 2.03 bits per heavy atom. The first-order valence-electron chi connectivity index (χ1n) is 9.75. The number of nitrogens with one attached hydrogen (secondary N) is 1. The zero-order chi connectivity index (χ0) is 19.6. The molecule has 0 fully saturated rings. The van der Waals surface area contributed by atoms with Gasteiger partial charge in [0.05, 0.1) is 17.6 Å². The van der Waals surface area contributed by atoms with E-state index in [9.17, 15) is 0 Å². The molecule has 4 aromatic carbocycles. The normalized spacial score (nSPS) is 11.5. The zero-order valence-corrected chi connectivity index (χ0v) is 16.2. The van der Waals surface area contributed by atoms with Crippen LogP contribution in [0.5, 0.6) is 0 Å². The summed E-state index contributed by atoms with van der Waals surface area (Å²) < 4.78 is 0. The topological polar surface area (TPSA) is 31.4 Å². The third-order valence-electron chi connectivity index (χ3n) is 5.16. The van der Waals surface area contributed by atoms with Crippen LogP contribution in [0.2, 0.25) is 0 Å². The Hall–Kier alpha value is -3.85. The average molecular weight is 375 g/mol. The van der Waals surface area contributed by atoms with Crippen molar-refractivity contribution in [2.75, 3.05) is 5.01 Å². The molecule has 1 N–H and O–H groups in total. The summed E-state index contributed by atoms with van der Waals surface area (Å²) in [4.78, 5) is 3.54. The van der Waals surface area contributed by atoms with Crippen molar-refractivity contribution in [2.45, 2.75) is 6.92 Å². The van der Waals surface area contributed by atoms with E-state index in [0.717, 1.165) is 22.5 Å². The molecular weight excluding hydrogens is 354 g/mol. The molecule has 0 saturated carbocycles. The van der Waals surface area contributed by atoms with Crippen molar-refractivity contribution in [1.29, 1.82) is 0 Å². The number of H-pyrrole nitrogens is 1. The van der Waals surface area contributed by atoms with Crippen molar-refractivity contribution in [3.8, 4) is 0 Å². The Morgan fingerprint density at radius 1 is 0.724 bits per heavy atom. The van der Waals surface area contributed by atoms with Gasteiger partial charge in [-0.1, -0.05) is 54.6 Å². The molecule has 1 heterocycles. The highest BCUT2D eigenvalue weighted by atomic mass is 15.5. The number of anilines is 2. The number of rotatable bonds is 4. The van der Waals surface area contributed by atoms with Gasteiger partial charge in [0.15, 0.2) is 0 Å². The number of hydrazone groups is 1.